The van der Waals surface area contributed by atoms with Crippen LogP contribution >= 0.6 is 0 Å². The summed E-state index contributed by atoms with van der Waals surface area (Å²) in [6.07, 6.45) is 2.41. The highest BCUT2D eigenvalue weighted by Crippen LogP contribution is 2.19. The van der Waals surface area contributed by atoms with E-state index in [9.17, 15) is 4.79 Å². The lowest BCUT2D eigenvalue weighted by molar-refractivity contribution is 0.405. The Morgan fingerprint density at radius 1 is 1.53 bits per heavy atom. The van der Waals surface area contributed by atoms with Gasteiger partial charge >= 0.3 is 0 Å². The first-order chi connectivity index (χ1) is 7.24. The SMILES string of the molecule is CCCN(CC)c1nc[nH]c(=O)c1OC. The average Bonchev–Trinajstić information content (AvgIpc) is 2.25. The second-order valence-electron chi connectivity index (χ2n) is 3.17. The predicted molar refractivity (Wildman–Crippen MR) is 59.6 cm³/mol. The molecule has 0 amide bonds. The Hall–Kier alpha value is -1.52. The van der Waals surface area contributed by atoms with Gasteiger partial charge in [-0.05, 0) is 13.3 Å². The molecule has 1 rings (SSSR count). The largest absolute Gasteiger partial charge is 0.489 e. The van der Waals surface area contributed by atoms with E-state index < -0.39 is 0 Å². The molecule has 0 aliphatic heterocycles. The van der Waals surface area contributed by atoms with Gasteiger partial charge in [0.05, 0.1) is 13.4 Å². The Morgan fingerprint density at radius 2 is 2.27 bits per heavy atom. The third kappa shape index (κ3) is 2.49. The number of rotatable bonds is 5. The number of hydrogen-bond acceptors (Lipinski definition) is 4. The Morgan fingerprint density at radius 3 is 2.80 bits per heavy atom. The molecule has 1 aromatic rings. The van der Waals surface area contributed by atoms with Crippen molar-refractivity contribution in [3.63, 3.8) is 0 Å². The first-order valence-corrected chi connectivity index (χ1v) is 5.11. The Bertz CT molecular complexity index is 362. The van der Waals surface area contributed by atoms with Crippen LogP contribution in [0.4, 0.5) is 5.82 Å². The average molecular weight is 211 g/mol. The lowest BCUT2D eigenvalue weighted by Crippen LogP contribution is -2.27. The van der Waals surface area contributed by atoms with Gasteiger partial charge in [0.2, 0.25) is 5.75 Å². The fourth-order valence-corrected chi connectivity index (χ4v) is 1.47. The van der Waals surface area contributed by atoms with Gasteiger partial charge in [-0.3, -0.25) is 4.79 Å². The zero-order chi connectivity index (χ0) is 11.3. The molecule has 0 fully saturated rings. The van der Waals surface area contributed by atoms with Gasteiger partial charge in [0, 0.05) is 13.1 Å². The monoisotopic (exact) mass is 211 g/mol. The number of nitrogens with one attached hydrogen (secondary N) is 1. The molecule has 1 N–H and O–H groups in total. The molecule has 15 heavy (non-hydrogen) atoms. The molecule has 0 bridgehead atoms. The number of hydrogen-bond donors (Lipinski definition) is 1. The summed E-state index contributed by atoms with van der Waals surface area (Å²) in [5.41, 5.74) is -0.239. The molecule has 0 aromatic carbocycles. The van der Waals surface area contributed by atoms with E-state index in [0.29, 0.717) is 5.82 Å². The number of methoxy groups -OCH3 is 1. The van der Waals surface area contributed by atoms with Crippen molar-refractivity contribution < 1.29 is 4.74 Å². The molecule has 0 unspecified atom stereocenters. The van der Waals surface area contributed by atoms with E-state index in [0.717, 1.165) is 19.5 Å². The molecule has 84 valence electrons. The zero-order valence-corrected chi connectivity index (χ0v) is 9.41. The zero-order valence-electron chi connectivity index (χ0n) is 9.41. The maximum absolute atomic E-state index is 11.4. The fourth-order valence-electron chi connectivity index (χ4n) is 1.47. The van der Waals surface area contributed by atoms with Crippen molar-refractivity contribution in [1.29, 1.82) is 0 Å². The number of anilines is 1. The molecule has 5 nitrogen and oxygen atoms in total. The van der Waals surface area contributed by atoms with Crippen LogP contribution in [0.15, 0.2) is 11.1 Å². The minimum atomic E-state index is -0.239. The molecule has 0 aliphatic rings. The van der Waals surface area contributed by atoms with Gasteiger partial charge in [0.15, 0.2) is 5.82 Å². The lowest BCUT2D eigenvalue weighted by atomic mass is 10.3. The predicted octanol–water partition coefficient (Wildman–Crippen LogP) is 1.01. The van der Waals surface area contributed by atoms with Crippen molar-refractivity contribution in [3.8, 4) is 5.75 Å². The Kier molecular flexibility index (Phi) is 4.15. The van der Waals surface area contributed by atoms with Crippen molar-refractivity contribution in [3.05, 3.63) is 16.7 Å². The van der Waals surface area contributed by atoms with Crippen molar-refractivity contribution >= 4 is 5.82 Å². The van der Waals surface area contributed by atoms with Gasteiger partial charge in [-0.15, -0.1) is 0 Å². The summed E-state index contributed by atoms with van der Waals surface area (Å²) in [6, 6.07) is 0. The van der Waals surface area contributed by atoms with Gasteiger partial charge in [-0.25, -0.2) is 4.98 Å². The van der Waals surface area contributed by atoms with Crippen LogP contribution in [0.5, 0.6) is 5.75 Å². The highest BCUT2D eigenvalue weighted by molar-refractivity contribution is 5.50. The number of aromatic nitrogens is 2. The third-order valence-corrected chi connectivity index (χ3v) is 2.17. The Labute approximate surface area is 89.1 Å². The summed E-state index contributed by atoms with van der Waals surface area (Å²) >= 11 is 0. The summed E-state index contributed by atoms with van der Waals surface area (Å²) in [6.45, 7) is 5.78. The normalized spacial score (nSPS) is 10.1. The number of nitrogens with zero attached hydrogens (tertiary/aromatic N) is 2. The van der Waals surface area contributed by atoms with Gasteiger partial charge in [0.25, 0.3) is 5.56 Å². The standard InChI is InChI=1S/C10H17N3O2/c1-4-6-13(5-2)9-8(15-3)10(14)12-7-11-9/h7H,4-6H2,1-3H3,(H,11,12,14). The molecule has 0 saturated heterocycles. The molecule has 5 heteroatoms. The number of ether oxygens (including phenoxy) is 1. The minimum Gasteiger partial charge on any atom is -0.489 e. The topological polar surface area (TPSA) is 58.2 Å². The first-order valence-electron chi connectivity index (χ1n) is 5.11. The van der Waals surface area contributed by atoms with Crippen molar-refractivity contribution in [2.24, 2.45) is 0 Å². The minimum absolute atomic E-state index is 0.239. The Balaban J connectivity index is 3.10. The summed E-state index contributed by atoms with van der Waals surface area (Å²) in [5, 5.41) is 0. The highest BCUT2D eigenvalue weighted by atomic mass is 16.5. The molecule has 0 radical (unpaired) electrons. The van der Waals surface area contributed by atoms with Crippen LogP contribution in [-0.4, -0.2) is 30.2 Å². The van der Waals surface area contributed by atoms with Crippen molar-refractivity contribution in [2.45, 2.75) is 20.3 Å². The van der Waals surface area contributed by atoms with E-state index in [-0.39, 0.29) is 11.3 Å². The van der Waals surface area contributed by atoms with Crippen molar-refractivity contribution in [2.75, 3.05) is 25.1 Å². The molecule has 0 saturated carbocycles. The van der Waals surface area contributed by atoms with Crippen LogP contribution in [0.1, 0.15) is 20.3 Å². The number of H-pyrrole nitrogens is 1. The smallest absolute Gasteiger partial charge is 0.295 e. The van der Waals surface area contributed by atoms with Crippen molar-refractivity contribution in [1.82, 2.24) is 9.97 Å². The van der Waals surface area contributed by atoms with Crippen LogP contribution < -0.4 is 15.2 Å². The maximum Gasteiger partial charge on any atom is 0.295 e. The summed E-state index contributed by atoms with van der Waals surface area (Å²) in [5.74, 6) is 0.901. The summed E-state index contributed by atoms with van der Waals surface area (Å²) in [7, 11) is 1.48. The quantitative estimate of drug-likeness (QED) is 0.789. The van der Waals surface area contributed by atoms with Gasteiger partial charge in [-0.2, -0.15) is 0 Å². The summed E-state index contributed by atoms with van der Waals surface area (Å²) in [4.78, 5) is 20.1. The molecule has 0 aliphatic carbocycles. The van der Waals surface area contributed by atoms with E-state index in [4.69, 9.17) is 4.74 Å². The van der Waals surface area contributed by atoms with E-state index in [2.05, 4.69) is 16.9 Å². The molecule has 0 spiro atoms. The molecule has 0 atom stereocenters. The second-order valence-corrected chi connectivity index (χ2v) is 3.17. The molecular formula is C10H17N3O2. The first kappa shape index (κ1) is 11.6. The maximum atomic E-state index is 11.4. The van der Waals surface area contributed by atoms with Crippen LogP contribution in [-0.2, 0) is 0 Å². The lowest BCUT2D eigenvalue weighted by Gasteiger charge is -2.22. The van der Waals surface area contributed by atoms with E-state index in [1.165, 1.54) is 13.4 Å². The van der Waals surface area contributed by atoms with Crippen LogP contribution in [0.2, 0.25) is 0 Å². The van der Waals surface area contributed by atoms with E-state index in [1.807, 2.05) is 11.8 Å². The van der Waals surface area contributed by atoms with Crippen LogP contribution in [0.3, 0.4) is 0 Å². The highest BCUT2D eigenvalue weighted by Gasteiger charge is 2.14. The molecular weight excluding hydrogens is 194 g/mol. The summed E-state index contributed by atoms with van der Waals surface area (Å²) < 4.78 is 5.06. The van der Waals surface area contributed by atoms with Gasteiger partial charge in [-0.1, -0.05) is 6.92 Å². The van der Waals surface area contributed by atoms with Crippen LogP contribution in [0.25, 0.3) is 0 Å². The fraction of sp³-hybridized carbons (Fsp3) is 0.600. The molecule has 1 aromatic heterocycles. The van der Waals surface area contributed by atoms with Crippen LogP contribution in [0, 0.1) is 0 Å². The molecule has 1 heterocycles. The third-order valence-electron chi connectivity index (χ3n) is 2.17. The number of aromatic amines is 1. The van der Waals surface area contributed by atoms with E-state index in [1.54, 1.807) is 0 Å². The van der Waals surface area contributed by atoms with Gasteiger partial charge in [0.1, 0.15) is 0 Å². The second kappa shape index (κ2) is 5.38. The van der Waals surface area contributed by atoms with Gasteiger partial charge < -0.3 is 14.6 Å². The van der Waals surface area contributed by atoms with E-state index >= 15 is 0 Å².